The van der Waals surface area contributed by atoms with Crippen LogP contribution in [0.3, 0.4) is 0 Å². The fourth-order valence-electron chi connectivity index (χ4n) is 3.26. The quantitative estimate of drug-likeness (QED) is 0.860. The van der Waals surface area contributed by atoms with E-state index in [-0.39, 0.29) is 5.41 Å². The molecule has 0 amide bonds. The van der Waals surface area contributed by atoms with E-state index in [2.05, 4.69) is 25.2 Å². The number of rotatable bonds is 5. The number of nitrogens with one attached hydrogen (secondary N) is 1. The van der Waals surface area contributed by atoms with E-state index in [0.29, 0.717) is 6.04 Å². The highest BCUT2D eigenvalue weighted by molar-refractivity contribution is 6.30. The van der Waals surface area contributed by atoms with Crippen molar-refractivity contribution in [3.05, 3.63) is 28.8 Å². The molecule has 0 heterocycles. The molecule has 1 aromatic rings. The normalized spacial score (nSPS) is 18.2. The Bertz CT molecular complexity index is 439. The Labute approximate surface area is 127 Å². The van der Waals surface area contributed by atoms with Crippen molar-refractivity contribution in [2.45, 2.75) is 57.4 Å². The number of methoxy groups -OCH3 is 1. The maximum Gasteiger partial charge on any atom is 0.122 e. The maximum atomic E-state index is 6.24. The minimum Gasteiger partial charge on any atom is -0.496 e. The third kappa shape index (κ3) is 3.48. The molecule has 0 bridgehead atoms. The number of ether oxygens (including phenoxy) is 1. The van der Waals surface area contributed by atoms with Crippen LogP contribution in [-0.2, 0) is 5.41 Å². The molecule has 1 fully saturated rings. The number of halogens is 1. The van der Waals surface area contributed by atoms with Crippen LogP contribution in [0.4, 0.5) is 0 Å². The molecule has 3 heteroatoms. The highest BCUT2D eigenvalue weighted by Gasteiger charge is 2.36. The van der Waals surface area contributed by atoms with Crippen LogP contribution >= 0.6 is 11.6 Å². The third-order valence-corrected chi connectivity index (χ3v) is 4.63. The molecule has 0 unspecified atom stereocenters. The predicted molar refractivity (Wildman–Crippen MR) is 85.9 cm³/mol. The molecule has 2 nitrogen and oxygen atoms in total. The van der Waals surface area contributed by atoms with Crippen molar-refractivity contribution >= 4 is 11.6 Å². The summed E-state index contributed by atoms with van der Waals surface area (Å²) < 4.78 is 5.60. The van der Waals surface area contributed by atoms with E-state index in [4.69, 9.17) is 16.3 Å². The Morgan fingerprint density at radius 2 is 1.95 bits per heavy atom. The molecule has 0 saturated heterocycles. The smallest absolute Gasteiger partial charge is 0.122 e. The van der Waals surface area contributed by atoms with Crippen molar-refractivity contribution in [1.82, 2.24) is 5.32 Å². The predicted octanol–water partition coefficient (Wildman–Crippen LogP) is 4.55. The van der Waals surface area contributed by atoms with Gasteiger partial charge in [0.1, 0.15) is 5.75 Å². The molecule has 20 heavy (non-hydrogen) atoms. The first-order valence-corrected chi connectivity index (χ1v) is 8.02. The van der Waals surface area contributed by atoms with Crippen LogP contribution in [-0.4, -0.2) is 19.7 Å². The van der Waals surface area contributed by atoms with Gasteiger partial charge in [-0.1, -0.05) is 44.7 Å². The summed E-state index contributed by atoms with van der Waals surface area (Å²) in [5.41, 5.74) is 1.44. The molecule has 1 aliphatic rings. The molecule has 0 atom stereocenters. The average molecular weight is 296 g/mol. The lowest BCUT2D eigenvalue weighted by Gasteiger charge is -2.39. The van der Waals surface area contributed by atoms with E-state index in [1.54, 1.807) is 7.11 Å². The van der Waals surface area contributed by atoms with E-state index in [0.717, 1.165) is 17.3 Å². The number of hydrogen-bond donors (Lipinski definition) is 1. The third-order valence-electron chi connectivity index (χ3n) is 4.39. The molecule has 0 aliphatic heterocycles. The highest BCUT2D eigenvalue weighted by atomic mass is 35.5. The molecule has 1 N–H and O–H groups in total. The molecular weight excluding hydrogens is 270 g/mol. The zero-order valence-corrected chi connectivity index (χ0v) is 13.6. The lowest BCUT2D eigenvalue weighted by molar-refractivity contribution is 0.264. The summed E-state index contributed by atoms with van der Waals surface area (Å²) in [5.74, 6) is 0.974. The fraction of sp³-hybridized carbons (Fsp3) is 0.647. The van der Waals surface area contributed by atoms with Gasteiger partial charge in [0.2, 0.25) is 0 Å². The van der Waals surface area contributed by atoms with E-state index < -0.39 is 0 Å². The van der Waals surface area contributed by atoms with Crippen molar-refractivity contribution in [3.8, 4) is 5.75 Å². The summed E-state index contributed by atoms with van der Waals surface area (Å²) in [4.78, 5) is 0. The molecule has 1 saturated carbocycles. The molecule has 0 radical (unpaired) electrons. The van der Waals surface area contributed by atoms with Gasteiger partial charge in [0.25, 0.3) is 0 Å². The first-order chi connectivity index (χ1) is 9.57. The van der Waals surface area contributed by atoms with Gasteiger partial charge < -0.3 is 10.1 Å². The van der Waals surface area contributed by atoms with Crippen LogP contribution in [0.2, 0.25) is 5.02 Å². The van der Waals surface area contributed by atoms with Crippen molar-refractivity contribution < 1.29 is 4.74 Å². The zero-order chi connectivity index (χ0) is 14.6. The molecule has 2 rings (SSSR count). The summed E-state index contributed by atoms with van der Waals surface area (Å²) in [7, 11) is 1.75. The first kappa shape index (κ1) is 15.7. The highest BCUT2D eigenvalue weighted by Crippen LogP contribution is 2.43. The fourth-order valence-corrected chi connectivity index (χ4v) is 3.44. The summed E-state index contributed by atoms with van der Waals surface area (Å²) in [5, 5.41) is 4.43. The van der Waals surface area contributed by atoms with Crippen LogP contribution in [0.25, 0.3) is 0 Å². The molecule has 1 aromatic carbocycles. The van der Waals surface area contributed by atoms with Gasteiger partial charge in [-0.15, -0.1) is 0 Å². The Hall–Kier alpha value is -0.730. The Morgan fingerprint density at radius 1 is 1.25 bits per heavy atom. The topological polar surface area (TPSA) is 21.3 Å². The van der Waals surface area contributed by atoms with Gasteiger partial charge in [0, 0.05) is 28.6 Å². The second kappa shape index (κ2) is 6.82. The first-order valence-electron chi connectivity index (χ1n) is 7.65. The van der Waals surface area contributed by atoms with Crippen LogP contribution in [0.1, 0.15) is 51.5 Å². The minimum atomic E-state index is 0.165. The van der Waals surface area contributed by atoms with Crippen molar-refractivity contribution in [3.63, 3.8) is 0 Å². The van der Waals surface area contributed by atoms with Crippen LogP contribution < -0.4 is 10.1 Å². The summed E-state index contributed by atoms with van der Waals surface area (Å²) in [6, 6.07) is 6.52. The number of hydrogen-bond acceptors (Lipinski definition) is 2. The molecule has 0 spiro atoms. The Balaban J connectivity index is 2.37. The maximum absolute atomic E-state index is 6.24. The lowest BCUT2D eigenvalue weighted by Crippen LogP contribution is -2.42. The average Bonchev–Trinajstić information content (AvgIpc) is 2.46. The zero-order valence-electron chi connectivity index (χ0n) is 12.8. The van der Waals surface area contributed by atoms with Gasteiger partial charge >= 0.3 is 0 Å². The standard InChI is InChI=1S/C17H26ClNO/c1-13(2)19-12-17(9-5-4-6-10-17)15-11-14(18)7-8-16(15)20-3/h7-8,11,13,19H,4-6,9-10,12H2,1-3H3. The van der Waals surface area contributed by atoms with E-state index >= 15 is 0 Å². The van der Waals surface area contributed by atoms with Crippen LogP contribution in [0.5, 0.6) is 5.75 Å². The summed E-state index contributed by atoms with van der Waals surface area (Å²) in [6.45, 7) is 5.40. The van der Waals surface area contributed by atoms with Gasteiger partial charge in [-0.2, -0.15) is 0 Å². The van der Waals surface area contributed by atoms with E-state index in [1.165, 1.54) is 37.7 Å². The van der Waals surface area contributed by atoms with Crippen molar-refractivity contribution in [2.24, 2.45) is 0 Å². The van der Waals surface area contributed by atoms with Crippen molar-refractivity contribution in [2.75, 3.05) is 13.7 Å². The van der Waals surface area contributed by atoms with Crippen LogP contribution in [0.15, 0.2) is 18.2 Å². The lowest BCUT2D eigenvalue weighted by atomic mass is 9.69. The SMILES string of the molecule is COc1ccc(Cl)cc1C1(CNC(C)C)CCCCC1. The summed E-state index contributed by atoms with van der Waals surface area (Å²) in [6.07, 6.45) is 6.34. The van der Waals surface area contributed by atoms with Gasteiger partial charge in [-0.05, 0) is 31.0 Å². The van der Waals surface area contributed by atoms with Gasteiger partial charge in [-0.3, -0.25) is 0 Å². The van der Waals surface area contributed by atoms with Crippen LogP contribution in [0, 0.1) is 0 Å². The molecular formula is C17H26ClNO. The minimum absolute atomic E-state index is 0.165. The van der Waals surface area contributed by atoms with Gasteiger partial charge in [0.05, 0.1) is 7.11 Å². The second-order valence-corrected chi connectivity index (χ2v) is 6.66. The molecule has 1 aliphatic carbocycles. The van der Waals surface area contributed by atoms with Gasteiger partial charge in [0.15, 0.2) is 0 Å². The second-order valence-electron chi connectivity index (χ2n) is 6.22. The molecule has 0 aromatic heterocycles. The number of benzene rings is 1. The van der Waals surface area contributed by atoms with E-state index in [1.807, 2.05) is 12.1 Å². The van der Waals surface area contributed by atoms with E-state index in [9.17, 15) is 0 Å². The van der Waals surface area contributed by atoms with Gasteiger partial charge in [-0.25, -0.2) is 0 Å². The Morgan fingerprint density at radius 3 is 2.55 bits per heavy atom. The van der Waals surface area contributed by atoms with Crippen molar-refractivity contribution in [1.29, 1.82) is 0 Å². The summed E-state index contributed by atoms with van der Waals surface area (Å²) >= 11 is 6.24. The largest absolute Gasteiger partial charge is 0.496 e. The molecule has 112 valence electrons. The monoisotopic (exact) mass is 295 g/mol. The Kier molecular flexibility index (Phi) is 5.34.